The molecule has 0 spiro atoms. The minimum absolute atomic E-state index is 0.191. The zero-order valence-corrected chi connectivity index (χ0v) is 14.7. The molecule has 0 amide bonds. The second kappa shape index (κ2) is 9.37. The lowest BCUT2D eigenvalue weighted by molar-refractivity contribution is 0.629. The van der Waals surface area contributed by atoms with Gasteiger partial charge in [-0.1, -0.05) is 38.0 Å². The maximum atomic E-state index is 13.7. The van der Waals surface area contributed by atoms with Crippen molar-refractivity contribution in [3.05, 3.63) is 51.5 Å². The number of hydrogen-bond donors (Lipinski definition) is 0. The highest BCUT2D eigenvalue weighted by molar-refractivity contribution is 7.78. The van der Waals surface area contributed by atoms with Gasteiger partial charge in [0, 0.05) is 10.4 Å². The Morgan fingerprint density at radius 1 is 1.13 bits per heavy atom. The summed E-state index contributed by atoms with van der Waals surface area (Å²) in [4.78, 5) is 6.03. The largest absolute Gasteiger partial charge is 0.205 e. The van der Waals surface area contributed by atoms with Crippen molar-refractivity contribution in [2.45, 2.75) is 39.0 Å². The fourth-order valence-electron chi connectivity index (χ4n) is 2.16. The Morgan fingerprint density at radius 2 is 2.00 bits per heavy atom. The second-order valence-electron chi connectivity index (χ2n) is 5.20. The van der Waals surface area contributed by atoms with Crippen molar-refractivity contribution in [1.82, 2.24) is 0 Å². The first-order valence-electron chi connectivity index (χ1n) is 7.71. The Hall–Kier alpha value is -1.79. The van der Waals surface area contributed by atoms with Gasteiger partial charge in [0.05, 0.1) is 10.0 Å². The standard InChI is InChI=1S/C19H18FNS2/c1-2-3-4-5-6-16-10-11-17(23-16)9-7-15-8-12-19(21-14-22)18(20)13-15/h8,10-13H,2-6H2,1H3. The predicted octanol–water partition coefficient (Wildman–Crippen LogP) is 6.14. The van der Waals surface area contributed by atoms with Crippen LogP contribution < -0.4 is 0 Å². The number of thiophene rings is 1. The third-order valence-electron chi connectivity index (χ3n) is 3.38. The number of hydrogen-bond acceptors (Lipinski definition) is 3. The molecule has 23 heavy (non-hydrogen) atoms. The monoisotopic (exact) mass is 343 g/mol. The minimum atomic E-state index is -0.433. The summed E-state index contributed by atoms with van der Waals surface area (Å²) >= 11 is 6.19. The highest BCUT2D eigenvalue weighted by Gasteiger charge is 2.01. The molecule has 2 aromatic rings. The van der Waals surface area contributed by atoms with E-state index >= 15 is 0 Å². The summed E-state index contributed by atoms with van der Waals surface area (Å²) in [5.41, 5.74) is 0.819. The van der Waals surface area contributed by atoms with E-state index in [2.05, 4.69) is 47.2 Å². The summed E-state index contributed by atoms with van der Waals surface area (Å²) in [5, 5.41) is 2.16. The van der Waals surface area contributed by atoms with Gasteiger partial charge < -0.3 is 0 Å². The molecule has 4 heteroatoms. The summed E-state index contributed by atoms with van der Waals surface area (Å²) in [5.74, 6) is 5.66. The van der Waals surface area contributed by atoms with Crippen LogP contribution in [0, 0.1) is 17.7 Å². The number of aryl methyl sites for hydroxylation is 1. The first kappa shape index (κ1) is 17.6. The van der Waals surface area contributed by atoms with Gasteiger partial charge in [0.15, 0.2) is 5.82 Å². The SMILES string of the molecule is CCCCCCc1ccc(C#Cc2ccc(N=C=S)c(F)c2)s1. The summed E-state index contributed by atoms with van der Waals surface area (Å²) in [7, 11) is 0. The highest BCUT2D eigenvalue weighted by atomic mass is 32.1. The average molecular weight is 343 g/mol. The molecule has 118 valence electrons. The zero-order valence-electron chi connectivity index (χ0n) is 13.1. The van der Waals surface area contributed by atoms with Crippen molar-refractivity contribution in [2.75, 3.05) is 0 Å². The maximum absolute atomic E-state index is 13.7. The van der Waals surface area contributed by atoms with E-state index in [1.54, 1.807) is 23.5 Å². The summed E-state index contributed by atoms with van der Waals surface area (Å²) < 4.78 is 13.7. The highest BCUT2D eigenvalue weighted by Crippen LogP contribution is 2.20. The van der Waals surface area contributed by atoms with Gasteiger partial charge in [-0.3, -0.25) is 0 Å². The number of benzene rings is 1. The molecule has 0 aliphatic heterocycles. The molecule has 0 radical (unpaired) electrons. The van der Waals surface area contributed by atoms with Crippen molar-refractivity contribution < 1.29 is 4.39 Å². The molecule has 1 aromatic heterocycles. The molecule has 0 aliphatic carbocycles. The third kappa shape index (κ3) is 5.73. The van der Waals surface area contributed by atoms with Crippen LogP contribution >= 0.6 is 23.6 Å². The van der Waals surface area contributed by atoms with Gasteiger partial charge in [-0.2, -0.15) is 4.99 Å². The van der Waals surface area contributed by atoms with E-state index in [1.807, 2.05) is 6.07 Å². The van der Waals surface area contributed by atoms with Crippen LogP contribution in [0.2, 0.25) is 0 Å². The van der Waals surface area contributed by atoms with Gasteiger partial charge in [-0.05, 0) is 55.4 Å². The van der Waals surface area contributed by atoms with Crippen LogP contribution in [0.3, 0.4) is 0 Å². The van der Waals surface area contributed by atoms with Crippen molar-refractivity contribution >= 4 is 34.4 Å². The summed E-state index contributed by atoms with van der Waals surface area (Å²) in [6.07, 6.45) is 6.18. The van der Waals surface area contributed by atoms with E-state index in [0.717, 1.165) is 11.3 Å². The smallest absolute Gasteiger partial charge is 0.150 e. The van der Waals surface area contributed by atoms with Gasteiger partial charge in [-0.25, -0.2) is 4.39 Å². The molecule has 0 fully saturated rings. The van der Waals surface area contributed by atoms with E-state index < -0.39 is 5.82 Å². The van der Waals surface area contributed by atoms with Gasteiger partial charge in [0.1, 0.15) is 5.69 Å². The number of thiocarbonyl (C=S) groups is 1. The van der Waals surface area contributed by atoms with E-state index in [-0.39, 0.29) is 5.69 Å². The molecule has 1 nitrogen and oxygen atoms in total. The van der Waals surface area contributed by atoms with Gasteiger partial charge in [0.2, 0.25) is 0 Å². The number of halogens is 1. The lowest BCUT2D eigenvalue weighted by Crippen LogP contribution is -1.80. The van der Waals surface area contributed by atoms with Crippen molar-refractivity contribution in [2.24, 2.45) is 4.99 Å². The summed E-state index contributed by atoms with van der Waals surface area (Å²) in [6, 6.07) is 8.84. The Morgan fingerprint density at radius 3 is 2.74 bits per heavy atom. The lowest BCUT2D eigenvalue weighted by atomic mass is 10.1. The van der Waals surface area contributed by atoms with Gasteiger partial charge in [-0.15, -0.1) is 11.3 Å². The molecule has 0 saturated heterocycles. The van der Waals surface area contributed by atoms with E-state index in [9.17, 15) is 4.39 Å². The van der Waals surface area contributed by atoms with Crippen molar-refractivity contribution in [3.8, 4) is 11.8 Å². The lowest BCUT2D eigenvalue weighted by Gasteiger charge is -1.96. The fourth-order valence-corrected chi connectivity index (χ4v) is 3.17. The van der Waals surface area contributed by atoms with Crippen molar-refractivity contribution in [3.63, 3.8) is 0 Å². The topological polar surface area (TPSA) is 12.4 Å². The Kier molecular flexibility index (Phi) is 7.16. The molecular weight excluding hydrogens is 325 g/mol. The molecule has 0 saturated carbocycles. The second-order valence-corrected chi connectivity index (χ2v) is 6.55. The Balaban J connectivity index is 2.00. The van der Waals surface area contributed by atoms with Gasteiger partial charge >= 0.3 is 0 Å². The molecule has 0 bridgehead atoms. The normalized spacial score (nSPS) is 9.83. The number of aliphatic imine (C=N–C) groups is 1. The Bertz CT molecular complexity index is 761. The molecule has 0 aliphatic rings. The molecule has 0 unspecified atom stereocenters. The van der Waals surface area contributed by atoms with Crippen LogP contribution in [0.15, 0.2) is 35.3 Å². The number of unbranched alkanes of at least 4 members (excludes halogenated alkanes) is 3. The van der Waals surface area contributed by atoms with E-state index in [4.69, 9.17) is 0 Å². The van der Waals surface area contributed by atoms with Crippen LogP contribution in [-0.4, -0.2) is 5.16 Å². The van der Waals surface area contributed by atoms with Crippen LogP contribution in [0.25, 0.3) is 0 Å². The van der Waals surface area contributed by atoms with Crippen molar-refractivity contribution in [1.29, 1.82) is 0 Å². The molecule has 0 atom stereocenters. The van der Waals surface area contributed by atoms with E-state index in [1.165, 1.54) is 36.6 Å². The summed E-state index contributed by atoms with van der Waals surface area (Å²) in [6.45, 7) is 2.22. The number of nitrogens with zero attached hydrogens (tertiary/aromatic N) is 1. The van der Waals surface area contributed by atoms with Crippen LogP contribution in [0.4, 0.5) is 10.1 Å². The first-order chi connectivity index (χ1) is 11.2. The molecule has 2 rings (SSSR count). The number of rotatable bonds is 6. The molecule has 1 heterocycles. The first-order valence-corrected chi connectivity index (χ1v) is 8.93. The fraction of sp³-hybridized carbons (Fsp3) is 0.316. The molecule has 0 N–H and O–H groups in total. The Labute approximate surface area is 146 Å². The van der Waals surface area contributed by atoms with Crippen LogP contribution in [0.5, 0.6) is 0 Å². The maximum Gasteiger partial charge on any atom is 0.150 e. The van der Waals surface area contributed by atoms with Crippen LogP contribution in [-0.2, 0) is 6.42 Å². The van der Waals surface area contributed by atoms with E-state index in [0.29, 0.717) is 5.56 Å². The average Bonchev–Trinajstić information content (AvgIpc) is 3.00. The predicted molar refractivity (Wildman–Crippen MR) is 99.2 cm³/mol. The number of isothiocyanates is 1. The minimum Gasteiger partial charge on any atom is -0.205 e. The third-order valence-corrected chi connectivity index (χ3v) is 4.53. The quantitative estimate of drug-likeness (QED) is 0.265. The molecular formula is C19H18FNS2. The van der Waals surface area contributed by atoms with Gasteiger partial charge in [0.25, 0.3) is 0 Å². The van der Waals surface area contributed by atoms with Crippen LogP contribution in [0.1, 0.15) is 47.9 Å². The zero-order chi connectivity index (χ0) is 16.5. The molecule has 1 aromatic carbocycles.